The Hall–Kier alpha value is -1.79. The number of nitrogens with zero attached hydrogens (tertiary/aromatic N) is 1. The Bertz CT molecular complexity index is 410. The summed E-state index contributed by atoms with van der Waals surface area (Å²) in [5.74, 6) is -0.507. The maximum Gasteiger partial charge on any atom is 0.248 e. The van der Waals surface area contributed by atoms with Crippen molar-refractivity contribution < 1.29 is 14.6 Å². The third kappa shape index (κ3) is 3.61. The van der Waals surface area contributed by atoms with Gasteiger partial charge in [-0.2, -0.15) is 0 Å². The topological polar surface area (TPSA) is 102 Å². The van der Waals surface area contributed by atoms with Crippen LogP contribution in [-0.2, 0) is 4.74 Å². The number of ether oxygens (including phenoxy) is 1. The number of rotatable bonds is 7. The molecule has 6 heteroatoms. The quantitative estimate of drug-likeness (QED) is 0.585. The molecule has 0 bridgehead atoms. The lowest BCUT2D eigenvalue weighted by molar-refractivity contribution is 0.100. The first kappa shape index (κ1) is 14.3. The number of nitrogen functional groups attached to an aromatic ring is 1. The number of hydrogen-bond acceptors (Lipinski definition) is 5. The number of benzene rings is 1. The van der Waals surface area contributed by atoms with Crippen LogP contribution in [0.2, 0.25) is 0 Å². The van der Waals surface area contributed by atoms with E-state index >= 15 is 0 Å². The number of hydrogen-bond donors (Lipinski definition) is 3. The molecule has 0 aliphatic heterocycles. The van der Waals surface area contributed by atoms with Crippen molar-refractivity contribution in [2.45, 2.75) is 0 Å². The molecule has 0 fully saturated rings. The fourth-order valence-electron chi connectivity index (χ4n) is 1.65. The Kier molecular flexibility index (Phi) is 5.41. The van der Waals surface area contributed by atoms with Gasteiger partial charge in [-0.15, -0.1) is 0 Å². The molecule has 1 rings (SSSR count). The minimum atomic E-state index is -0.507. The highest BCUT2D eigenvalue weighted by atomic mass is 16.5. The Morgan fingerprint density at radius 3 is 2.72 bits per heavy atom. The second kappa shape index (κ2) is 6.83. The second-order valence-corrected chi connectivity index (χ2v) is 3.84. The second-order valence-electron chi connectivity index (χ2n) is 3.84. The van der Waals surface area contributed by atoms with Gasteiger partial charge in [-0.25, -0.2) is 0 Å². The summed E-state index contributed by atoms with van der Waals surface area (Å²) < 4.78 is 5.00. The van der Waals surface area contributed by atoms with Crippen molar-refractivity contribution >= 4 is 17.3 Å². The van der Waals surface area contributed by atoms with E-state index in [1.165, 1.54) is 0 Å². The molecule has 0 aromatic heterocycles. The Morgan fingerprint density at radius 2 is 2.17 bits per heavy atom. The summed E-state index contributed by atoms with van der Waals surface area (Å²) in [5, 5.41) is 9.05. The molecule has 0 atom stereocenters. The lowest BCUT2D eigenvalue weighted by atomic mass is 10.1. The number of carbonyl (C=O) groups excluding carboxylic acids is 1. The molecule has 0 radical (unpaired) electrons. The maximum absolute atomic E-state index is 11.1. The molecule has 0 heterocycles. The molecular weight excluding hydrogens is 234 g/mol. The van der Waals surface area contributed by atoms with Gasteiger partial charge in [0.25, 0.3) is 0 Å². The number of nitrogens with two attached hydrogens (primary N) is 2. The van der Waals surface area contributed by atoms with Crippen molar-refractivity contribution in [1.82, 2.24) is 0 Å². The Morgan fingerprint density at radius 1 is 1.44 bits per heavy atom. The fourth-order valence-corrected chi connectivity index (χ4v) is 1.65. The van der Waals surface area contributed by atoms with E-state index in [4.69, 9.17) is 21.3 Å². The number of aliphatic hydroxyl groups is 1. The third-order valence-electron chi connectivity index (χ3n) is 2.59. The molecule has 0 saturated heterocycles. The number of amides is 1. The smallest absolute Gasteiger partial charge is 0.248 e. The largest absolute Gasteiger partial charge is 0.397 e. The van der Waals surface area contributed by atoms with Crippen LogP contribution in [0.15, 0.2) is 18.2 Å². The van der Waals surface area contributed by atoms with E-state index in [0.717, 1.165) is 0 Å². The molecule has 0 aliphatic rings. The summed E-state index contributed by atoms with van der Waals surface area (Å²) in [6, 6.07) is 4.84. The molecule has 1 aromatic rings. The highest BCUT2D eigenvalue weighted by Crippen LogP contribution is 2.24. The van der Waals surface area contributed by atoms with E-state index in [1.807, 2.05) is 4.90 Å². The standard InChI is InChI=1S/C12H19N3O3/c1-18-7-5-15(4-6-16)11-8-9(12(14)17)2-3-10(11)13/h2-3,8,16H,4-7,13H2,1H3,(H2,14,17). The van der Waals surface area contributed by atoms with Gasteiger partial charge in [0.05, 0.1) is 24.6 Å². The van der Waals surface area contributed by atoms with Crippen LogP contribution >= 0.6 is 0 Å². The minimum Gasteiger partial charge on any atom is -0.397 e. The molecule has 5 N–H and O–H groups in total. The van der Waals surface area contributed by atoms with Crippen LogP contribution in [0.4, 0.5) is 11.4 Å². The van der Waals surface area contributed by atoms with Crippen molar-refractivity contribution in [2.75, 3.05) is 44.0 Å². The molecule has 1 amide bonds. The average Bonchev–Trinajstić information content (AvgIpc) is 2.35. The van der Waals surface area contributed by atoms with Crippen molar-refractivity contribution in [3.63, 3.8) is 0 Å². The molecule has 0 saturated carbocycles. The predicted molar refractivity (Wildman–Crippen MR) is 70.5 cm³/mol. The molecule has 0 spiro atoms. The SMILES string of the molecule is COCCN(CCO)c1cc(C(N)=O)ccc1N. The summed E-state index contributed by atoms with van der Waals surface area (Å²) >= 11 is 0. The zero-order valence-electron chi connectivity index (χ0n) is 10.4. The van der Waals surface area contributed by atoms with Crippen molar-refractivity contribution in [3.8, 4) is 0 Å². The lowest BCUT2D eigenvalue weighted by Crippen LogP contribution is -2.31. The number of methoxy groups -OCH3 is 1. The van der Waals surface area contributed by atoms with Crippen LogP contribution in [0, 0.1) is 0 Å². The zero-order valence-corrected chi connectivity index (χ0v) is 10.4. The van der Waals surface area contributed by atoms with E-state index in [-0.39, 0.29) is 6.61 Å². The van der Waals surface area contributed by atoms with E-state index in [9.17, 15) is 4.79 Å². The van der Waals surface area contributed by atoms with Crippen molar-refractivity contribution in [2.24, 2.45) is 5.73 Å². The number of primary amides is 1. The van der Waals surface area contributed by atoms with Gasteiger partial charge in [0.15, 0.2) is 0 Å². The van der Waals surface area contributed by atoms with Gasteiger partial charge in [-0.3, -0.25) is 4.79 Å². The molecule has 100 valence electrons. The monoisotopic (exact) mass is 253 g/mol. The molecule has 6 nitrogen and oxygen atoms in total. The Labute approximate surface area is 106 Å². The summed E-state index contributed by atoms with van der Waals surface area (Å²) in [6.45, 7) is 1.48. The van der Waals surface area contributed by atoms with Gasteiger partial charge >= 0.3 is 0 Å². The number of carbonyl (C=O) groups is 1. The molecule has 18 heavy (non-hydrogen) atoms. The van der Waals surface area contributed by atoms with Crippen molar-refractivity contribution in [3.05, 3.63) is 23.8 Å². The van der Waals surface area contributed by atoms with Gasteiger partial charge in [-0.05, 0) is 18.2 Å². The molecule has 1 aromatic carbocycles. The van der Waals surface area contributed by atoms with E-state index in [1.54, 1.807) is 25.3 Å². The van der Waals surface area contributed by atoms with E-state index in [0.29, 0.717) is 36.6 Å². The highest BCUT2D eigenvalue weighted by molar-refractivity contribution is 5.95. The van der Waals surface area contributed by atoms with Crippen LogP contribution in [0.1, 0.15) is 10.4 Å². The van der Waals surface area contributed by atoms with Gasteiger partial charge in [0.2, 0.25) is 5.91 Å². The molecule has 0 unspecified atom stereocenters. The normalized spacial score (nSPS) is 10.3. The summed E-state index contributed by atoms with van der Waals surface area (Å²) in [6.07, 6.45) is 0. The van der Waals surface area contributed by atoms with Crippen LogP contribution in [0.3, 0.4) is 0 Å². The number of aliphatic hydroxyl groups excluding tert-OH is 1. The molecular formula is C12H19N3O3. The van der Waals surface area contributed by atoms with E-state index < -0.39 is 5.91 Å². The van der Waals surface area contributed by atoms with Gasteiger partial charge in [0, 0.05) is 25.8 Å². The highest BCUT2D eigenvalue weighted by Gasteiger charge is 2.12. The first-order valence-corrected chi connectivity index (χ1v) is 5.64. The van der Waals surface area contributed by atoms with E-state index in [2.05, 4.69) is 0 Å². The first-order chi connectivity index (χ1) is 8.60. The minimum absolute atomic E-state index is 0.00997. The predicted octanol–water partition coefficient (Wildman–Crippen LogP) is -0.187. The van der Waals surface area contributed by atoms with Gasteiger partial charge in [-0.1, -0.05) is 0 Å². The maximum atomic E-state index is 11.1. The lowest BCUT2D eigenvalue weighted by Gasteiger charge is -2.25. The summed E-state index contributed by atoms with van der Waals surface area (Å²) in [5.41, 5.74) is 12.7. The third-order valence-corrected chi connectivity index (χ3v) is 2.59. The zero-order chi connectivity index (χ0) is 13.5. The van der Waals surface area contributed by atoms with Crippen LogP contribution in [0.25, 0.3) is 0 Å². The van der Waals surface area contributed by atoms with Crippen LogP contribution < -0.4 is 16.4 Å². The summed E-state index contributed by atoms with van der Waals surface area (Å²) in [7, 11) is 1.60. The first-order valence-electron chi connectivity index (χ1n) is 5.64. The average molecular weight is 253 g/mol. The Balaban J connectivity index is 3.01. The molecule has 0 aliphatic carbocycles. The number of anilines is 2. The van der Waals surface area contributed by atoms with Gasteiger partial charge in [0.1, 0.15) is 0 Å². The summed E-state index contributed by atoms with van der Waals surface area (Å²) in [4.78, 5) is 13.0. The van der Waals surface area contributed by atoms with Gasteiger partial charge < -0.3 is 26.2 Å². The van der Waals surface area contributed by atoms with Crippen molar-refractivity contribution in [1.29, 1.82) is 0 Å². The fraction of sp³-hybridized carbons (Fsp3) is 0.417. The van der Waals surface area contributed by atoms with Crippen LogP contribution in [-0.4, -0.2) is 44.4 Å². The van der Waals surface area contributed by atoms with Crippen LogP contribution in [0.5, 0.6) is 0 Å².